The summed E-state index contributed by atoms with van der Waals surface area (Å²) in [6.07, 6.45) is 5.10. The van der Waals surface area contributed by atoms with Crippen LogP contribution in [0.25, 0.3) is 0 Å². The molecule has 2 rings (SSSR count). The predicted molar refractivity (Wildman–Crippen MR) is 234 cm³/mol. The fourth-order valence-electron chi connectivity index (χ4n) is 6.12. The van der Waals surface area contributed by atoms with Crippen molar-refractivity contribution >= 4 is 52.8 Å². The van der Waals surface area contributed by atoms with Crippen LogP contribution in [0.3, 0.4) is 0 Å². The Bertz CT molecular complexity index is 1420. The van der Waals surface area contributed by atoms with Gasteiger partial charge in [-0.1, -0.05) is 89.5 Å². The van der Waals surface area contributed by atoms with Gasteiger partial charge >= 0.3 is 0 Å². The zero-order valence-corrected chi connectivity index (χ0v) is 39.5. The number of likely N-dealkylation sites (tertiary alicyclic amines) is 2. The molecule has 6 amide bonds. The zero-order chi connectivity index (χ0) is 46.8. The molecule has 0 aromatic carbocycles. The van der Waals surface area contributed by atoms with Gasteiger partial charge in [0, 0.05) is 94.3 Å². The lowest BCUT2D eigenvalue weighted by Crippen LogP contribution is -2.36. The van der Waals surface area contributed by atoms with Crippen LogP contribution in [0.4, 0.5) is 0 Å². The fourth-order valence-corrected chi connectivity index (χ4v) is 6.12. The Balaban J connectivity index is 0.000000926. The van der Waals surface area contributed by atoms with Gasteiger partial charge in [-0.15, -0.1) is 0 Å². The molecule has 0 aromatic heterocycles. The quantitative estimate of drug-likeness (QED) is 0.0797. The van der Waals surface area contributed by atoms with Crippen molar-refractivity contribution in [3.63, 3.8) is 0 Å². The summed E-state index contributed by atoms with van der Waals surface area (Å²) in [6.45, 7) is 25.5. The smallest absolute Gasteiger partial charge is 0.233 e. The van der Waals surface area contributed by atoms with Crippen LogP contribution in [-0.4, -0.2) is 115 Å². The summed E-state index contributed by atoms with van der Waals surface area (Å²) in [5, 5.41) is 5.59. The van der Waals surface area contributed by atoms with Crippen molar-refractivity contribution in [2.75, 3.05) is 52.6 Å². The van der Waals surface area contributed by atoms with Crippen LogP contribution in [0.1, 0.15) is 141 Å². The number of hydrogen-bond donors (Lipinski definition) is 2. The van der Waals surface area contributed by atoms with E-state index >= 15 is 0 Å². The third kappa shape index (κ3) is 24.4. The summed E-state index contributed by atoms with van der Waals surface area (Å²) >= 11 is 0. The summed E-state index contributed by atoms with van der Waals surface area (Å²) < 4.78 is 10.5. The minimum absolute atomic E-state index is 0.0382. The predicted octanol–water partition coefficient (Wildman–Crippen LogP) is 5.35. The number of hydrogen-bond acceptors (Lipinski definition) is 11. The highest BCUT2D eigenvalue weighted by atomic mass is 16.5. The number of unbranched alkanes of at least 4 members (excludes halogenated alkanes) is 2. The van der Waals surface area contributed by atoms with Crippen molar-refractivity contribution in [3.8, 4) is 0 Å². The number of ether oxygens (including phenoxy) is 2. The summed E-state index contributed by atoms with van der Waals surface area (Å²) in [6, 6.07) is 0. The van der Waals surface area contributed by atoms with E-state index in [1.165, 1.54) is 9.80 Å². The maximum Gasteiger partial charge on any atom is 0.233 e. The van der Waals surface area contributed by atoms with Crippen molar-refractivity contribution in [1.82, 2.24) is 20.4 Å². The first-order valence-electron chi connectivity index (χ1n) is 22.5. The Labute approximate surface area is 365 Å². The van der Waals surface area contributed by atoms with Crippen LogP contribution in [0.2, 0.25) is 0 Å². The molecule has 0 saturated carbocycles. The normalized spacial score (nSPS) is 16.5. The molecule has 2 aliphatic heterocycles. The molecule has 2 heterocycles. The van der Waals surface area contributed by atoms with E-state index < -0.39 is 0 Å². The Morgan fingerprint density at radius 3 is 1.46 bits per heavy atom. The molecule has 2 unspecified atom stereocenters. The van der Waals surface area contributed by atoms with Gasteiger partial charge in [-0.3, -0.25) is 53.0 Å². The minimum atomic E-state index is -0.271. The number of carbonyl (C=O) groups excluding carboxylic acids is 9. The van der Waals surface area contributed by atoms with E-state index in [4.69, 9.17) is 9.47 Å². The number of carbonyl (C=O) groups is 9. The molecule has 2 N–H and O–H groups in total. The number of amides is 6. The van der Waals surface area contributed by atoms with Crippen molar-refractivity contribution in [2.45, 2.75) is 141 Å². The average molecular weight is 865 g/mol. The van der Waals surface area contributed by atoms with Gasteiger partial charge in [-0.2, -0.15) is 0 Å². The highest BCUT2D eigenvalue weighted by Gasteiger charge is 2.41. The lowest BCUT2D eigenvalue weighted by Gasteiger charge is -2.16. The van der Waals surface area contributed by atoms with Gasteiger partial charge in [0.1, 0.15) is 18.2 Å². The van der Waals surface area contributed by atoms with Gasteiger partial charge in [0.05, 0.1) is 19.8 Å². The van der Waals surface area contributed by atoms with Gasteiger partial charge in [0.25, 0.3) is 0 Å². The molecule has 0 spiro atoms. The first-order chi connectivity index (χ1) is 28.5. The Morgan fingerprint density at radius 1 is 0.541 bits per heavy atom. The van der Waals surface area contributed by atoms with Gasteiger partial charge in [0.15, 0.2) is 5.78 Å². The monoisotopic (exact) mass is 865 g/mol. The molecule has 15 heteroatoms. The first kappa shape index (κ1) is 57.1. The number of rotatable bonds is 27. The molecule has 2 atom stereocenters. The number of imide groups is 2. The van der Waals surface area contributed by atoms with Crippen LogP contribution in [0, 0.1) is 47.3 Å². The zero-order valence-electron chi connectivity index (χ0n) is 39.5. The minimum Gasteiger partial charge on any atom is -0.377 e. The van der Waals surface area contributed by atoms with Gasteiger partial charge in [-0.25, -0.2) is 0 Å². The molecule has 0 aliphatic carbocycles. The Morgan fingerprint density at radius 2 is 1.00 bits per heavy atom. The third-order valence-corrected chi connectivity index (χ3v) is 10.4. The second kappa shape index (κ2) is 31.1. The van der Waals surface area contributed by atoms with Gasteiger partial charge in [0.2, 0.25) is 35.4 Å². The third-order valence-electron chi connectivity index (χ3n) is 10.4. The first-order valence-corrected chi connectivity index (χ1v) is 22.5. The molecule has 2 fully saturated rings. The molecule has 0 bridgehead atoms. The number of nitrogens with one attached hydrogen (secondary N) is 2. The summed E-state index contributed by atoms with van der Waals surface area (Å²) in [7, 11) is 0. The summed E-state index contributed by atoms with van der Waals surface area (Å²) in [5.41, 5.74) is 0. The summed E-state index contributed by atoms with van der Waals surface area (Å²) in [5.74, 6) is 0.0887. The van der Waals surface area contributed by atoms with E-state index in [0.29, 0.717) is 57.3 Å². The summed E-state index contributed by atoms with van der Waals surface area (Å²) in [4.78, 5) is 107. The van der Waals surface area contributed by atoms with E-state index in [0.717, 1.165) is 25.8 Å². The number of ketones is 3. The van der Waals surface area contributed by atoms with Crippen LogP contribution in [-0.2, 0) is 52.6 Å². The number of nitrogens with zero attached hydrogens (tertiary/aromatic N) is 2. The van der Waals surface area contributed by atoms with Gasteiger partial charge < -0.3 is 20.1 Å². The largest absolute Gasteiger partial charge is 0.377 e. The topological polar surface area (TPSA) is 203 Å². The van der Waals surface area contributed by atoms with Crippen molar-refractivity contribution in [1.29, 1.82) is 0 Å². The Kier molecular flexibility index (Phi) is 29.1. The van der Waals surface area contributed by atoms with E-state index in [9.17, 15) is 43.2 Å². The number of Topliss-reactive ketones (excluding diaryl/α,β-unsaturated/α-hetero) is 3. The van der Waals surface area contributed by atoms with Crippen molar-refractivity contribution in [2.24, 2.45) is 47.3 Å². The highest BCUT2D eigenvalue weighted by molar-refractivity contribution is 6.04. The molecular weight excluding hydrogens is 785 g/mol. The second-order valence-electron chi connectivity index (χ2n) is 18.0. The lowest BCUT2D eigenvalue weighted by atomic mass is 9.94. The molecule has 2 aliphatic rings. The molecule has 0 aromatic rings. The molecule has 2 saturated heterocycles. The second-order valence-corrected chi connectivity index (χ2v) is 18.0. The van der Waals surface area contributed by atoms with Crippen LogP contribution >= 0.6 is 0 Å². The fraction of sp³-hybridized carbons (Fsp3) is 0.804. The van der Waals surface area contributed by atoms with Crippen molar-refractivity contribution < 1.29 is 52.6 Å². The van der Waals surface area contributed by atoms with E-state index in [1.807, 2.05) is 83.1 Å². The van der Waals surface area contributed by atoms with Gasteiger partial charge in [-0.05, 0) is 30.6 Å². The maximum atomic E-state index is 12.2. The molecular formula is C46H80N4O11. The van der Waals surface area contributed by atoms with E-state index in [-0.39, 0.29) is 127 Å². The standard InChI is InChI=1S/C19H32N2O6.C14H27NO2.C13H21NO3/c1-13(2)15-11-18(24)21(19(15)25)7-5-17(23)20-6-8-26-9-10-27-12-16(22)14(3)4;1-11(2)10-14(17)15-9-7-5-6-8-13(16)12(3)4;1-8(2)10-7-12(16)14(13(10)17)6-5-11(15)9(3)4/h13-15H,5-12H2,1-4H3,(H,20,23);11-12H,5-10H2,1-4H3,(H,15,17);8-10H,5-7H2,1-4H3. The van der Waals surface area contributed by atoms with Crippen molar-refractivity contribution in [3.05, 3.63) is 0 Å². The van der Waals surface area contributed by atoms with Crippen LogP contribution in [0.15, 0.2) is 0 Å². The maximum absolute atomic E-state index is 12.2. The lowest BCUT2D eigenvalue weighted by molar-refractivity contribution is -0.142. The van der Waals surface area contributed by atoms with Crippen LogP contribution < -0.4 is 10.6 Å². The molecule has 0 radical (unpaired) electrons. The molecule has 350 valence electrons. The van der Waals surface area contributed by atoms with E-state index in [2.05, 4.69) is 10.6 Å². The molecule has 61 heavy (non-hydrogen) atoms. The SMILES string of the molecule is CC(C)C(=O)CCN1C(=O)CC(C(C)C)C1=O.CC(C)C(=O)COCCOCCNC(=O)CCN1C(=O)CC(C(C)C)C1=O.CC(C)CC(=O)NCCCCCC(=O)C(C)C. The molecule has 15 nitrogen and oxygen atoms in total. The van der Waals surface area contributed by atoms with E-state index in [1.54, 1.807) is 0 Å². The Hall–Kier alpha value is -3.85. The average Bonchev–Trinajstić information content (AvgIpc) is 3.63. The highest BCUT2D eigenvalue weighted by Crippen LogP contribution is 2.27. The van der Waals surface area contributed by atoms with Crippen LogP contribution in [0.5, 0.6) is 0 Å².